The van der Waals surface area contributed by atoms with E-state index in [9.17, 15) is 4.79 Å². The molecule has 0 aliphatic rings. The van der Waals surface area contributed by atoms with E-state index in [0.29, 0.717) is 17.0 Å². The first-order valence-electron chi connectivity index (χ1n) is 6.33. The first-order chi connectivity index (χ1) is 9.86. The number of oxazole rings is 1. The molecule has 0 unspecified atom stereocenters. The molecule has 0 spiro atoms. The number of hydrogen-bond donors (Lipinski definition) is 1. The van der Waals surface area contributed by atoms with Crippen molar-refractivity contribution in [3.8, 4) is 10.8 Å². The van der Waals surface area contributed by atoms with Crippen molar-refractivity contribution >= 4 is 28.6 Å². The number of benzene rings is 1. The van der Waals surface area contributed by atoms with Crippen molar-refractivity contribution in [2.45, 2.75) is 26.2 Å². The molecule has 3 aromatic rings. The Balaban J connectivity index is 2.14. The number of carboxylic acid groups (broad SMARTS) is 1. The first kappa shape index (κ1) is 13.7. The van der Waals surface area contributed by atoms with Crippen molar-refractivity contribution < 1.29 is 14.3 Å². The van der Waals surface area contributed by atoms with Gasteiger partial charge in [-0.15, -0.1) is 5.10 Å². The molecule has 7 heteroatoms. The zero-order valence-corrected chi connectivity index (χ0v) is 12.6. The Hall–Kier alpha value is -2.28. The minimum Gasteiger partial charge on any atom is -0.478 e. The molecular formula is C14H13N3O3S. The van der Waals surface area contributed by atoms with Gasteiger partial charge in [-0.25, -0.2) is 9.78 Å². The molecule has 21 heavy (non-hydrogen) atoms. The lowest BCUT2D eigenvalue weighted by atomic mass is 9.91. The van der Waals surface area contributed by atoms with Crippen LogP contribution < -0.4 is 0 Å². The summed E-state index contributed by atoms with van der Waals surface area (Å²) < 4.78 is 9.69. The summed E-state index contributed by atoms with van der Waals surface area (Å²) in [6.45, 7) is 6.12. The van der Waals surface area contributed by atoms with E-state index in [1.54, 1.807) is 6.07 Å². The molecule has 0 aliphatic heterocycles. The molecule has 1 aromatic carbocycles. The number of carbonyl (C=O) groups is 1. The molecule has 0 saturated carbocycles. The summed E-state index contributed by atoms with van der Waals surface area (Å²) in [5.74, 6) is -0.566. The van der Waals surface area contributed by atoms with Gasteiger partial charge < -0.3 is 9.52 Å². The van der Waals surface area contributed by atoms with Crippen molar-refractivity contribution in [2.75, 3.05) is 0 Å². The van der Waals surface area contributed by atoms with E-state index >= 15 is 0 Å². The second-order valence-corrected chi connectivity index (χ2v) is 6.46. The van der Waals surface area contributed by atoms with Crippen LogP contribution in [0, 0.1) is 0 Å². The molecule has 2 heterocycles. The molecule has 0 atom stereocenters. The Morgan fingerprint density at radius 1 is 1.33 bits per heavy atom. The summed E-state index contributed by atoms with van der Waals surface area (Å²) >= 11 is 1.22. The van der Waals surface area contributed by atoms with Gasteiger partial charge in [0.15, 0.2) is 5.58 Å². The van der Waals surface area contributed by atoms with Crippen molar-refractivity contribution in [3.05, 3.63) is 29.5 Å². The Kier molecular flexibility index (Phi) is 3.02. The van der Waals surface area contributed by atoms with E-state index in [1.807, 2.05) is 20.8 Å². The van der Waals surface area contributed by atoms with Gasteiger partial charge in [0, 0.05) is 5.41 Å². The van der Waals surface area contributed by atoms with Gasteiger partial charge in [-0.3, -0.25) is 0 Å². The van der Waals surface area contributed by atoms with Crippen LogP contribution in [0.4, 0.5) is 0 Å². The van der Waals surface area contributed by atoms with Gasteiger partial charge in [0.05, 0.1) is 11.3 Å². The molecule has 108 valence electrons. The number of fused-ring (bicyclic) bond motifs is 1. The highest BCUT2D eigenvalue weighted by Gasteiger charge is 2.26. The van der Waals surface area contributed by atoms with Crippen LogP contribution in [0.5, 0.6) is 0 Å². The SMILES string of the molecule is CC(C)(C)c1nnsc1-c1nc2cc(C(=O)O)ccc2o1. The minimum absolute atomic E-state index is 0.171. The van der Waals surface area contributed by atoms with Crippen LogP contribution in [-0.2, 0) is 5.41 Å². The summed E-state index contributed by atoms with van der Waals surface area (Å²) in [5.41, 5.74) is 1.88. The number of aromatic nitrogens is 3. The molecule has 3 rings (SSSR count). The Labute approximate surface area is 124 Å². The molecular weight excluding hydrogens is 290 g/mol. The number of hydrogen-bond acceptors (Lipinski definition) is 6. The van der Waals surface area contributed by atoms with Crippen molar-refractivity contribution in [3.63, 3.8) is 0 Å². The Morgan fingerprint density at radius 3 is 2.76 bits per heavy atom. The third-order valence-electron chi connectivity index (χ3n) is 3.03. The summed E-state index contributed by atoms with van der Waals surface area (Å²) in [6.07, 6.45) is 0. The first-order valence-corrected chi connectivity index (χ1v) is 7.10. The molecule has 6 nitrogen and oxygen atoms in total. The lowest BCUT2D eigenvalue weighted by Gasteiger charge is -2.15. The van der Waals surface area contributed by atoms with Gasteiger partial charge in [0.1, 0.15) is 10.4 Å². The fourth-order valence-electron chi connectivity index (χ4n) is 1.98. The second kappa shape index (κ2) is 4.63. The lowest BCUT2D eigenvalue weighted by Crippen LogP contribution is -2.13. The third-order valence-corrected chi connectivity index (χ3v) is 3.74. The van der Waals surface area contributed by atoms with Crippen molar-refractivity contribution in [1.29, 1.82) is 0 Å². The topological polar surface area (TPSA) is 89.1 Å². The van der Waals surface area contributed by atoms with Gasteiger partial charge in [-0.1, -0.05) is 25.3 Å². The van der Waals surface area contributed by atoms with E-state index in [1.165, 1.54) is 23.7 Å². The van der Waals surface area contributed by atoms with Crippen molar-refractivity contribution in [1.82, 2.24) is 14.6 Å². The molecule has 0 bridgehead atoms. The van der Waals surface area contributed by atoms with Gasteiger partial charge in [-0.05, 0) is 29.7 Å². The lowest BCUT2D eigenvalue weighted by molar-refractivity contribution is 0.0697. The zero-order chi connectivity index (χ0) is 15.2. The minimum atomic E-state index is -0.990. The maximum Gasteiger partial charge on any atom is 0.335 e. The standard InChI is InChI=1S/C14H13N3O3S/c1-14(2,3)11-10(21-17-16-11)12-15-8-6-7(13(18)19)4-5-9(8)20-12/h4-6H,1-3H3,(H,18,19). The number of carboxylic acids is 1. The highest BCUT2D eigenvalue weighted by molar-refractivity contribution is 7.09. The van der Waals surface area contributed by atoms with E-state index in [4.69, 9.17) is 9.52 Å². The maximum atomic E-state index is 11.0. The van der Waals surface area contributed by atoms with Gasteiger partial charge in [0.2, 0.25) is 5.89 Å². The van der Waals surface area contributed by atoms with E-state index in [2.05, 4.69) is 14.6 Å². The number of nitrogens with zero attached hydrogens (tertiary/aromatic N) is 3. The smallest absolute Gasteiger partial charge is 0.335 e. The van der Waals surface area contributed by atoms with Crippen LogP contribution in [-0.4, -0.2) is 25.6 Å². The van der Waals surface area contributed by atoms with Crippen LogP contribution in [0.25, 0.3) is 21.9 Å². The van der Waals surface area contributed by atoms with Gasteiger partial charge in [-0.2, -0.15) is 0 Å². The quantitative estimate of drug-likeness (QED) is 0.781. The second-order valence-electron chi connectivity index (χ2n) is 5.71. The summed E-state index contributed by atoms with van der Waals surface area (Å²) in [6, 6.07) is 4.60. The fourth-order valence-corrected chi connectivity index (χ4v) is 2.78. The van der Waals surface area contributed by atoms with E-state index < -0.39 is 5.97 Å². The highest BCUT2D eigenvalue weighted by atomic mass is 32.1. The monoisotopic (exact) mass is 303 g/mol. The molecule has 0 saturated heterocycles. The van der Waals surface area contributed by atoms with Gasteiger partial charge in [0.25, 0.3) is 0 Å². The fraction of sp³-hybridized carbons (Fsp3) is 0.286. The largest absolute Gasteiger partial charge is 0.478 e. The summed E-state index contributed by atoms with van der Waals surface area (Å²) in [4.78, 5) is 16.1. The average molecular weight is 303 g/mol. The molecule has 0 radical (unpaired) electrons. The predicted octanol–water partition coefficient (Wildman–Crippen LogP) is 3.34. The third kappa shape index (κ3) is 2.40. The van der Waals surface area contributed by atoms with Crippen LogP contribution in [0.1, 0.15) is 36.8 Å². The number of rotatable bonds is 2. The zero-order valence-electron chi connectivity index (χ0n) is 11.7. The highest BCUT2D eigenvalue weighted by Crippen LogP contribution is 2.35. The number of aromatic carboxylic acids is 1. The summed E-state index contributed by atoms with van der Waals surface area (Å²) in [5, 5.41) is 13.2. The molecule has 1 N–H and O–H groups in total. The maximum absolute atomic E-state index is 11.0. The van der Waals surface area contributed by atoms with Crippen LogP contribution in [0.3, 0.4) is 0 Å². The van der Waals surface area contributed by atoms with E-state index in [0.717, 1.165) is 10.6 Å². The van der Waals surface area contributed by atoms with Crippen LogP contribution in [0.2, 0.25) is 0 Å². The average Bonchev–Trinajstić information content (AvgIpc) is 3.03. The summed E-state index contributed by atoms with van der Waals surface area (Å²) in [7, 11) is 0. The molecule has 2 aromatic heterocycles. The molecule has 0 amide bonds. The van der Waals surface area contributed by atoms with Crippen molar-refractivity contribution in [2.24, 2.45) is 0 Å². The normalized spacial score (nSPS) is 12.0. The van der Waals surface area contributed by atoms with Gasteiger partial charge >= 0.3 is 5.97 Å². The molecule has 0 fully saturated rings. The van der Waals surface area contributed by atoms with E-state index in [-0.39, 0.29) is 11.0 Å². The molecule has 0 aliphatic carbocycles. The Morgan fingerprint density at radius 2 is 2.10 bits per heavy atom. The van der Waals surface area contributed by atoms with Crippen LogP contribution >= 0.6 is 11.5 Å². The van der Waals surface area contributed by atoms with Crippen LogP contribution in [0.15, 0.2) is 22.6 Å². The Bertz CT molecular complexity index is 829. The predicted molar refractivity (Wildman–Crippen MR) is 78.6 cm³/mol.